The van der Waals surface area contributed by atoms with Crippen molar-refractivity contribution in [1.82, 2.24) is 15.5 Å². The van der Waals surface area contributed by atoms with E-state index in [1.165, 1.54) is 12.8 Å². The molecule has 0 aliphatic carbocycles. The van der Waals surface area contributed by atoms with Crippen LogP contribution in [-0.4, -0.2) is 50.2 Å². The van der Waals surface area contributed by atoms with E-state index in [9.17, 15) is 8.78 Å². The van der Waals surface area contributed by atoms with Crippen molar-refractivity contribution in [2.45, 2.75) is 52.3 Å². The molecule has 0 radical (unpaired) electrons. The molecule has 1 unspecified atom stereocenters. The van der Waals surface area contributed by atoms with Crippen LogP contribution in [0.1, 0.15) is 37.3 Å². The Kier molecular flexibility index (Phi) is 8.09. The molecule has 2 N–H and O–H groups in total. The maximum Gasteiger partial charge on any atom is 0.387 e. The zero-order valence-corrected chi connectivity index (χ0v) is 15.9. The molecular formula is C19H30F2N4O. The third kappa shape index (κ3) is 6.12. The van der Waals surface area contributed by atoms with Gasteiger partial charge in [0.05, 0.1) is 0 Å². The number of alkyl halides is 2. The summed E-state index contributed by atoms with van der Waals surface area (Å²) < 4.78 is 29.8. The van der Waals surface area contributed by atoms with Crippen LogP contribution in [0, 0.1) is 6.92 Å². The molecule has 1 aromatic rings. The van der Waals surface area contributed by atoms with E-state index in [2.05, 4.69) is 32.2 Å². The number of benzene rings is 1. The Balaban J connectivity index is 1.91. The Morgan fingerprint density at radius 3 is 2.62 bits per heavy atom. The van der Waals surface area contributed by atoms with Crippen molar-refractivity contribution < 1.29 is 13.5 Å². The molecule has 1 heterocycles. The molecule has 146 valence electrons. The van der Waals surface area contributed by atoms with Crippen LogP contribution in [0.25, 0.3) is 0 Å². The van der Waals surface area contributed by atoms with Crippen LogP contribution in [0.3, 0.4) is 0 Å². The summed E-state index contributed by atoms with van der Waals surface area (Å²) >= 11 is 0. The number of likely N-dealkylation sites (tertiary alicyclic amines) is 1. The molecule has 1 aliphatic heterocycles. The number of hydrogen-bond donors (Lipinski definition) is 2. The molecule has 0 spiro atoms. The summed E-state index contributed by atoms with van der Waals surface area (Å²) in [7, 11) is 1.71. The second kappa shape index (κ2) is 10.3. The van der Waals surface area contributed by atoms with Gasteiger partial charge >= 0.3 is 6.61 Å². The van der Waals surface area contributed by atoms with Gasteiger partial charge in [-0.3, -0.25) is 9.89 Å². The number of guanidine groups is 1. The summed E-state index contributed by atoms with van der Waals surface area (Å²) in [5.41, 5.74) is 1.67. The Hall–Kier alpha value is -1.89. The van der Waals surface area contributed by atoms with Crippen LogP contribution in [0.15, 0.2) is 23.2 Å². The predicted octanol–water partition coefficient (Wildman–Crippen LogP) is 3.14. The lowest BCUT2D eigenvalue weighted by Crippen LogP contribution is -2.46. The molecule has 1 aromatic carbocycles. The van der Waals surface area contributed by atoms with Crippen LogP contribution < -0.4 is 15.4 Å². The quantitative estimate of drug-likeness (QED) is 0.547. The van der Waals surface area contributed by atoms with Crippen molar-refractivity contribution in [2.24, 2.45) is 4.99 Å². The standard InChI is InChI=1S/C19H30F2N4O/c1-4-16(25-9-5-6-10-25)13-24-19(22-3)23-12-15-11-14(2)7-8-17(15)26-18(20)21/h7-8,11,16,18H,4-6,9-10,12-13H2,1-3H3,(H2,22,23,24). The van der Waals surface area contributed by atoms with Crippen LogP contribution in [-0.2, 0) is 6.54 Å². The number of rotatable bonds is 8. The van der Waals surface area contributed by atoms with Crippen molar-refractivity contribution in [3.05, 3.63) is 29.3 Å². The third-order valence-electron chi connectivity index (χ3n) is 4.74. The summed E-state index contributed by atoms with van der Waals surface area (Å²) in [5.74, 6) is 0.851. The number of aliphatic imine (C=N–C) groups is 1. The van der Waals surface area contributed by atoms with Gasteiger partial charge in [-0.2, -0.15) is 8.78 Å². The van der Waals surface area contributed by atoms with Gasteiger partial charge in [-0.05, 0) is 45.3 Å². The monoisotopic (exact) mass is 368 g/mol. The first-order valence-electron chi connectivity index (χ1n) is 9.26. The van der Waals surface area contributed by atoms with Crippen molar-refractivity contribution >= 4 is 5.96 Å². The molecule has 5 nitrogen and oxygen atoms in total. The number of aryl methyl sites for hydroxylation is 1. The average molecular weight is 368 g/mol. The largest absolute Gasteiger partial charge is 0.434 e. The van der Waals surface area contributed by atoms with Gasteiger partial charge in [-0.15, -0.1) is 0 Å². The zero-order valence-electron chi connectivity index (χ0n) is 15.9. The second-order valence-corrected chi connectivity index (χ2v) is 6.60. The van der Waals surface area contributed by atoms with E-state index in [0.29, 0.717) is 24.1 Å². The fourth-order valence-corrected chi connectivity index (χ4v) is 3.31. The van der Waals surface area contributed by atoms with E-state index >= 15 is 0 Å². The molecule has 1 aliphatic rings. The minimum absolute atomic E-state index is 0.192. The number of halogens is 2. The molecule has 0 amide bonds. The van der Waals surface area contributed by atoms with Crippen LogP contribution in [0.5, 0.6) is 5.75 Å². The van der Waals surface area contributed by atoms with Crippen LogP contribution >= 0.6 is 0 Å². The molecule has 1 atom stereocenters. The van der Waals surface area contributed by atoms with Gasteiger partial charge in [-0.1, -0.05) is 24.6 Å². The van der Waals surface area contributed by atoms with Crippen LogP contribution in [0.4, 0.5) is 8.78 Å². The molecule has 26 heavy (non-hydrogen) atoms. The van der Waals surface area contributed by atoms with Gasteiger partial charge in [-0.25, -0.2) is 0 Å². The van der Waals surface area contributed by atoms with E-state index in [-0.39, 0.29) is 5.75 Å². The first-order chi connectivity index (χ1) is 12.5. The average Bonchev–Trinajstić information content (AvgIpc) is 3.14. The lowest BCUT2D eigenvalue weighted by Gasteiger charge is -2.27. The Morgan fingerprint density at radius 1 is 1.27 bits per heavy atom. The fourth-order valence-electron chi connectivity index (χ4n) is 3.31. The minimum Gasteiger partial charge on any atom is -0.434 e. The lowest BCUT2D eigenvalue weighted by molar-refractivity contribution is -0.0504. The number of nitrogens with one attached hydrogen (secondary N) is 2. The molecule has 1 fully saturated rings. The summed E-state index contributed by atoms with van der Waals surface area (Å²) in [6.07, 6.45) is 3.61. The predicted molar refractivity (Wildman–Crippen MR) is 101 cm³/mol. The highest BCUT2D eigenvalue weighted by atomic mass is 19.3. The first kappa shape index (κ1) is 20.4. The lowest BCUT2D eigenvalue weighted by atomic mass is 10.1. The van der Waals surface area contributed by atoms with E-state index in [4.69, 9.17) is 0 Å². The molecular weight excluding hydrogens is 338 g/mol. The minimum atomic E-state index is -2.83. The zero-order chi connectivity index (χ0) is 18.9. The van der Waals surface area contributed by atoms with Gasteiger partial charge in [0.1, 0.15) is 5.75 Å². The van der Waals surface area contributed by atoms with Gasteiger partial charge in [0.25, 0.3) is 0 Å². The van der Waals surface area contributed by atoms with E-state index in [1.54, 1.807) is 19.2 Å². The molecule has 1 saturated heterocycles. The molecule has 7 heteroatoms. The molecule has 0 aromatic heterocycles. The SMILES string of the molecule is CCC(CNC(=NC)NCc1cc(C)ccc1OC(F)F)N1CCCC1. The maximum absolute atomic E-state index is 12.6. The van der Waals surface area contributed by atoms with Crippen molar-refractivity contribution in [2.75, 3.05) is 26.7 Å². The van der Waals surface area contributed by atoms with Crippen LogP contribution in [0.2, 0.25) is 0 Å². The normalized spacial score (nSPS) is 16.8. The highest BCUT2D eigenvalue weighted by molar-refractivity contribution is 5.79. The molecule has 0 saturated carbocycles. The van der Waals surface area contributed by atoms with Gasteiger partial charge in [0, 0.05) is 31.7 Å². The summed E-state index contributed by atoms with van der Waals surface area (Å²) in [6, 6.07) is 5.66. The number of nitrogens with zero attached hydrogens (tertiary/aromatic N) is 2. The van der Waals surface area contributed by atoms with E-state index in [1.807, 2.05) is 13.0 Å². The third-order valence-corrected chi connectivity index (χ3v) is 4.74. The van der Waals surface area contributed by atoms with Gasteiger partial charge < -0.3 is 15.4 Å². The van der Waals surface area contributed by atoms with Crippen molar-refractivity contribution in [1.29, 1.82) is 0 Å². The fraction of sp³-hybridized carbons (Fsp3) is 0.632. The van der Waals surface area contributed by atoms with E-state index in [0.717, 1.165) is 31.6 Å². The Labute approximate surface area is 154 Å². The molecule has 0 bridgehead atoms. The summed E-state index contributed by atoms with van der Waals surface area (Å²) in [6.45, 7) is 4.77. The van der Waals surface area contributed by atoms with Gasteiger partial charge in [0.15, 0.2) is 5.96 Å². The highest BCUT2D eigenvalue weighted by Crippen LogP contribution is 2.22. The van der Waals surface area contributed by atoms with E-state index < -0.39 is 6.61 Å². The Bertz CT molecular complexity index is 589. The topological polar surface area (TPSA) is 48.9 Å². The summed E-state index contributed by atoms with van der Waals surface area (Å²) in [5, 5.41) is 6.54. The smallest absolute Gasteiger partial charge is 0.387 e. The number of hydrogen-bond acceptors (Lipinski definition) is 3. The number of ether oxygens (including phenoxy) is 1. The maximum atomic E-state index is 12.6. The van der Waals surface area contributed by atoms with Crippen molar-refractivity contribution in [3.63, 3.8) is 0 Å². The first-order valence-corrected chi connectivity index (χ1v) is 9.26. The van der Waals surface area contributed by atoms with Gasteiger partial charge in [0.2, 0.25) is 0 Å². The second-order valence-electron chi connectivity index (χ2n) is 6.60. The van der Waals surface area contributed by atoms with Crippen molar-refractivity contribution in [3.8, 4) is 5.75 Å². The Morgan fingerprint density at radius 2 is 2.00 bits per heavy atom. The summed E-state index contributed by atoms with van der Waals surface area (Å²) in [4.78, 5) is 6.75. The highest BCUT2D eigenvalue weighted by Gasteiger charge is 2.20. The molecule has 2 rings (SSSR count).